The number of benzene rings is 2. The third-order valence-electron chi connectivity index (χ3n) is 2.59. The molecule has 124 valence electrons. The lowest BCUT2D eigenvalue weighted by Crippen LogP contribution is -2.04. The second-order valence-electron chi connectivity index (χ2n) is 4.19. The molecule has 0 amide bonds. The molecule has 23 heavy (non-hydrogen) atoms. The molecule has 3 nitrogen and oxygen atoms in total. The van der Waals surface area contributed by atoms with Gasteiger partial charge in [-0.25, -0.2) is 8.78 Å². The first-order chi connectivity index (χ1) is 10.8. The Labute approximate surface area is 129 Å². The fraction of sp³-hybridized carbons (Fsp3) is 0.143. The van der Waals surface area contributed by atoms with Crippen molar-refractivity contribution in [1.82, 2.24) is 0 Å². The van der Waals surface area contributed by atoms with Crippen molar-refractivity contribution < 1.29 is 36.7 Å². The quantitative estimate of drug-likeness (QED) is 0.670. The molecule has 0 bridgehead atoms. The van der Waals surface area contributed by atoms with Gasteiger partial charge in [0.2, 0.25) is 0 Å². The Kier molecular flexibility index (Phi) is 6.99. The first-order valence-electron chi connectivity index (χ1n) is 6.23. The molecule has 0 heterocycles. The second kappa shape index (κ2) is 8.49. The predicted molar refractivity (Wildman–Crippen MR) is 73.7 cm³/mol. The molecule has 0 unspecified atom stereocenters. The maximum atomic E-state index is 13.3. The van der Waals surface area contributed by atoms with Crippen molar-refractivity contribution in [2.45, 2.75) is 12.8 Å². The Morgan fingerprint density at radius 1 is 0.957 bits per heavy atom. The highest BCUT2D eigenvalue weighted by molar-refractivity contribution is 6.13. The van der Waals surface area contributed by atoms with Crippen LogP contribution in [0.15, 0.2) is 42.5 Å². The first kappa shape index (κ1) is 18.9. The average molecular weight is 334 g/mol. The minimum Gasteiger partial charge on any atom is -0.489 e. The van der Waals surface area contributed by atoms with Crippen LogP contribution in [0.3, 0.4) is 0 Å². The Morgan fingerprint density at radius 3 is 2.00 bits per heavy atom. The van der Waals surface area contributed by atoms with Crippen LogP contribution in [0, 0.1) is 11.6 Å². The van der Waals surface area contributed by atoms with Crippen molar-refractivity contribution in [3.63, 3.8) is 0 Å². The van der Waals surface area contributed by atoms with Crippen molar-refractivity contribution in [3.05, 3.63) is 65.2 Å². The number of halogens is 5. The molecule has 0 spiro atoms. The summed E-state index contributed by atoms with van der Waals surface area (Å²) in [5.41, 5.74) is -0.677. The summed E-state index contributed by atoms with van der Waals surface area (Å²) in [4.78, 5) is 0. The average Bonchev–Trinajstić information content (AvgIpc) is 2.47. The molecular formula is C14H12BF5O3. The van der Waals surface area contributed by atoms with Crippen molar-refractivity contribution in [3.8, 4) is 5.75 Å². The zero-order valence-electron chi connectivity index (χ0n) is 11.6. The Balaban J connectivity index is 0.000000816. The second-order valence-corrected chi connectivity index (χ2v) is 4.19. The summed E-state index contributed by atoms with van der Waals surface area (Å²) >= 11 is 0. The molecule has 0 aliphatic rings. The fourth-order valence-electron chi connectivity index (χ4n) is 1.54. The molecular weight excluding hydrogens is 322 g/mol. The Morgan fingerprint density at radius 2 is 1.52 bits per heavy atom. The molecule has 0 atom stereocenters. The molecule has 0 saturated heterocycles. The number of hydrogen-bond acceptors (Lipinski definition) is 3. The molecule has 0 aliphatic heterocycles. The normalized spacial score (nSPS) is 10.6. The summed E-state index contributed by atoms with van der Waals surface area (Å²) in [6.45, 7) is -0.197. The molecule has 0 aliphatic carbocycles. The van der Waals surface area contributed by atoms with Crippen LogP contribution in [0.1, 0.15) is 11.1 Å². The van der Waals surface area contributed by atoms with E-state index in [0.717, 1.165) is 30.3 Å². The summed E-state index contributed by atoms with van der Waals surface area (Å²) < 4.78 is 68.1. The van der Waals surface area contributed by atoms with E-state index in [2.05, 4.69) is 0 Å². The van der Waals surface area contributed by atoms with Gasteiger partial charge in [-0.2, -0.15) is 13.2 Å². The number of hydrogen-bond donors (Lipinski definition) is 2. The summed E-state index contributed by atoms with van der Waals surface area (Å²) in [7, 11) is -0.750. The third-order valence-corrected chi connectivity index (χ3v) is 2.59. The van der Waals surface area contributed by atoms with Crippen LogP contribution in [0.4, 0.5) is 22.0 Å². The van der Waals surface area contributed by atoms with Crippen molar-refractivity contribution in [2.75, 3.05) is 0 Å². The lowest BCUT2D eigenvalue weighted by atomic mass is 10.2. The van der Waals surface area contributed by atoms with E-state index >= 15 is 0 Å². The van der Waals surface area contributed by atoms with E-state index < -0.39 is 31.1 Å². The van der Waals surface area contributed by atoms with Gasteiger partial charge in [-0.15, -0.1) is 0 Å². The molecule has 0 radical (unpaired) electrons. The fourth-order valence-corrected chi connectivity index (χ4v) is 1.54. The summed E-state index contributed by atoms with van der Waals surface area (Å²) in [5.74, 6) is -1.31. The highest BCUT2D eigenvalue weighted by Crippen LogP contribution is 2.30. The van der Waals surface area contributed by atoms with E-state index in [9.17, 15) is 22.0 Å². The molecule has 0 aromatic heterocycles. The Bertz CT molecular complexity index is 617. The third kappa shape index (κ3) is 6.25. The zero-order valence-corrected chi connectivity index (χ0v) is 11.6. The van der Waals surface area contributed by atoms with E-state index in [-0.39, 0.29) is 17.9 Å². The monoisotopic (exact) mass is 334 g/mol. The van der Waals surface area contributed by atoms with E-state index in [0.29, 0.717) is 6.07 Å². The minimum absolute atomic E-state index is 0.117. The van der Waals surface area contributed by atoms with Gasteiger partial charge in [0.05, 0.1) is 5.56 Å². The van der Waals surface area contributed by atoms with Crippen LogP contribution in [-0.4, -0.2) is 17.7 Å². The molecule has 2 aromatic rings. The van der Waals surface area contributed by atoms with E-state index in [4.69, 9.17) is 14.8 Å². The largest absolute Gasteiger partial charge is 0.489 e. The minimum atomic E-state index is -4.42. The van der Waals surface area contributed by atoms with Crippen LogP contribution >= 0.6 is 0 Å². The van der Waals surface area contributed by atoms with Crippen LogP contribution in [0.5, 0.6) is 5.75 Å². The topological polar surface area (TPSA) is 49.7 Å². The van der Waals surface area contributed by atoms with Gasteiger partial charge >= 0.3 is 13.9 Å². The number of ether oxygens (including phenoxy) is 1. The van der Waals surface area contributed by atoms with Gasteiger partial charge in [0, 0.05) is 11.6 Å². The van der Waals surface area contributed by atoms with Crippen LogP contribution < -0.4 is 4.74 Å². The zero-order chi connectivity index (χ0) is 17.5. The lowest BCUT2D eigenvalue weighted by molar-refractivity contribution is -0.137. The highest BCUT2D eigenvalue weighted by atomic mass is 19.4. The summed E-state index contributed by atoms with van der Waals surface area (Å²) in [5, 5.41) is 14.2. The smallest absolute Gasteiger partial charge is 0.432 e. The lowest BCUT2D eigenvalue weighted by Gasteiger charge is -2.09. The van der Waals surface area contributed by atoms with Crippen molar-refractivity contribution >= 4 is 7.69 Å². The maximum absolute atomic E-state index is 13.3. The number of alkyl halides is 3. The SMILES string of the molecule is Fc1ccc(COc2ccc(C(F)(F)F)cc2)c(F)c1.OBO. The molecule has 2 aromatic carbocycles. The summed E-state index contributed by atoms with van der Waals surface area (Å²) in [6, 6.07) is 7.04. The molecule has 0 fully saturated rings. The maximum Gasteiger partial charge on any atom is 0.432 e. The molecule has 0 saturated carbocycles. The Hall–Kier alpha value is -2.13. The van der Waals surface area contributed by atoms with E-state index in [1.807, 2.05) is 0 Å². The summed E-state index contributed by atoms with van der Waals surface area (Å²) in [6.07, 6.45) is -4.42. The number of rotatable bonds is 3. The van der Waals surface area contributed by atoms with Crippen LogP contribution in [0.25, 0.3) is 0 Å². The van der Waals surface area contributed by atoms with E-state index in [1.54, 1.807) is 0 Å². The first-order valence-corrected chi connectivity index (χ1v) is 6.23. The van der Waals surface area contributed by atoms with Crippen LogP contribution in [0.2, 0.25) is 0 Å². The van der Waals surface area contributed by atoms with Crippen molar-refractivity contribution in [2.24, 2.45) is 0 Å². The van der Waals surface area contributed by atoms with Gasteiger partial charge in [-0.3, -0.25) is 0 Å². The van der Waals surface area contributed by atoms with Crippen molar-refractivity contribution in [1.29, 1.82) is 0 Å². The predicted octanol–water partition coefficient (Wildman–Crippen LogP) is 2.80. The standard InChI is InChI=1S/C14H9F5O.BH3O2/c15-11-4-1-9(13(16)7-11)8-20-12-5-2-10(3-6-12)14(17,18)19;2-1-3/h1-7H,8H2;1-3H. The van der Waals surface area contributed by atoms with Gasteiger partial charge in [-0.05, 0) is 36.4 Å². The van der Waals surface area contributed by atoms with Crippen LogP contribution in [-0.2, 0) is 12.8 Å². The van der Waals surface area contributed by atoms with Gasteiger partial charge in [0.25, 0.3) is 0 Å². The van der Waals surface area contributed by atoms with Gasteiger partial charge in [0.1, 0.15) is 24.0 Å². The van der Waals surface area contributed by atoms with Gasteiger partial charge in [0.15, 0.2) is 0 Å². The van der Waals surface area contributed by atoms with E-state index in [1.165, 1.54) is 6.07 Å². The molecule has 2 N–H and O–H groups in total. The van der Waals surface area contributed by atoms with Gasteiger partial charge < -0.3 is 14.8 Å². The van der Waals surface area contributed by atoms with Gasteiger partial charge in [-0.1, -0.05) is 0 Å². The molecule has 2 rings (SSSR count). The highest BCUT2D eigenvalue weighted by Gasteiger charge is 2.29. The molecule has 9 heteroatoms.